The molecule has 0 bridgehead atoms. The van der Waals surface area contributed by atoms with Crippen molar-refractivity contribution in [3.63, 3.8) is 0 Å². The number of nitro groups is 1. The number of benzene rings is 3. The molecule has 3 heterocycles. The van der Waals surface area contributed by atoms with Crippen LogP contribution in [0.3, 0.4) is 0 Å². The highest BCUT2D eigenvalue weighted by Crippen LogP contribution is 2.30. The van der Waals surface area contributed by atoms with Crippen LogP contribution >= 0.6 is 27.5 Å². The van der Waals surface area contributed by atoms with Gasteiger partial charge >= 0.3 is 0 Å². The molecule has 196 valence electrons. The molecule has 6 aromatic rings. The van der Waals surface area contributed by atoms with Crippen LogP contribution in [0.25, 0.3) is 33.5 Å². The van der Waals surface area contributed by atoms with Crippen LogP contribution in [-0.4, -0.2) is 25.8 Å². The second-order valence-corrected chi connectivity index (χ2v) is 9.85. The minimum Gasteiger partial charge on any atom is -0.453 e. The summed E-state index contributed by atoms with van der Waals surface area (Å²) in [5.74, 6) is 0.993. The van der Waals surface area contributed by atoms with E-state index in [1.165, 1.54) is 18.3 Å². The molecule has 0 unspecified atom stereocenters. The quantitative estimate of drug-likeness (QED) is 0.110. The minimum absolute atomic E-state index is 0.126. The van der Waals surface area contributed by atoms with Crippen molar-refractivity contribution in [1.82, 2.24) is 14.6 Å². The Morgan fingerprint density at radius 2 is 1.93 bits per heavy atom. The van der Waals surface area contributed by atoms with E-state index in [-0.39, 0.29) is 17.4 Å². The van der Waals surface area contributed by atoms with E-state index in [2.05, 4.69) is 31.0 Å². The lowest BCUT2D eigenvalue weighted by molar-refractivity contribution is -0.385. The highest BCUT2D eigenvalue weighted by atomic mass is 79.9. The van der Waals surface area contributed by atoms with Gasteiger partial charge in [0.1, 0.15) is 17.5 Å². The number of halogens is 2. The summed E-state index contributed by atoms with van der Waals surface area (Å²) >= 11 is 9.70. The summed E-state index contributed by atoms with van der Waals surface area (Å²) in [6.07, 6.45) is 2.50. The highest BCUT2D eigenvalue weighted by Gasteiger charge is 2.17. The molecule has 10 nitrogen and oxygen atoms in total. The van der Waals surface area contributed by atoms with E-state index in [1.54, 1.807) is 48.5 Å². The maximum Gasteiger partial charge on any atom is 0.287 e. The molecule has 0 saturated carbocycles. The third-order valence-electron chi connectivity index (χ3n) is 5.88. The Balaban J connectivity index is 1.46. The summed E-state index contributed by atoms with van der Waals surface area (Å²) in [5.41, 5.74) is 0.968. The molecule has 0 spiro atoms. The number of aromatic nitrogens is 3. The van der Waals surface area contributed by atoms with Crippen molar-refractivity contribution in [3.8, 4) is 23.2 Å². The van der Waals surface area contributed by atoms with Crippen molar-refractivity contribution in [2.24, 2.45) is 5.10 Å². The number of furan rings is 1. The maximum absolute atomic E-state index is 13.6. The number of fused-ring (bicyclic) bond motifs is 2. The Kier molecular flexibility index (Phi) is 6.58. The van der Waals surface area contributed by atoms with E-state index in [0.29, 0.717) is 38.6 Å². The lowest BCUT2D eigenvalue weighted by atomic mass is 10.2. The Morgan fingerprint density at radius 1 is 1.07 bits per heavy atom. The Hall–Kier alpha value is -4.87. The van der Waals surface area contributed by atoms with Crippen molar-refractivity contribution in [3.05, 3.63) is 121 Å². The zero-order valence-corrected chi connectivity index (χ0v) is 22.5. The molecule has 6 rings (SSSR count). The van der Waals surface area contributed by atoms with Gasteiger partial charge < -0.3 is 9.15 Å². The van der Waals surface area contributed by atoms with E-state index in [0.717, 1.165) is 20.7 Å². The van der Waals surface area contributed by atoms with Gasteiger partial charge in [0.25, 0.3) is 11.2 Å². The average Bonchev–Trinajstić information content (AvgIpc) is 3.37. The highest BCUT2D eigenvalue weighted by molar-refractivity contribution is 9.10. The summed E-state index contributed by atoms with van der Waals surface area (Å²) < 4.78 is 13.9. The van der Waals surface area contributed by atoms with Crippen molar-refractivity contribution in [1.29, 1.82) is 0 Å². The van der Waals surface area contributed by atoms with Crippen LogP contribution in [0.15, 0.2) is 104 Å². The monoisotopic (exact) mass is 615 g/mol. The lowest BCUT2D eigenvalue weighted by Gasteiger charge is -2.09. The maximum atomic E-state index is 13.6. The molecule has 12 heteroatoms. The fraction of sp³-hybridized carbons (Fsp3) is 0. The van der Waals surface area contributed by atoms with Crippen molar-refractivity contribution >= 4 is 61.3 Å². The van der Waals surface area contributed by atoms with E-state index >= 15 is 0 Å². The van der Waals surface area contributed by atoms with Gasteiger partial charge in [0, 0.05) is 32.6 Å². The molecule has 40 heavy (non-hydrogen) atoms. The van der Waals surface area contributed by atoms with Gasteiger partial charge in [-0.2, -0.15) is 9.78 Å². The molecular formula is C28H15BrClN5O5. The van der Waals surface area contributed by atoms with Gasteiger partial charge in [0.2, 0.25) is 11.7 Å². The first-order chi connectivity index (χ1) is 19.4. The second-order valence-electron chi connectivity index (χ2n) is 8.50. The Labute approximate surface area is 238 Å². The van der Waals surface area contributed by atoms with E-state index in [1.807, 2.05) is 18.2 Å². The summed E-state index contributed by atoms with van der Waals surface area (Å²) in [5, 5.41) is 17.0. The number of hydrogen-bond acceptors (Lipinski definition) is 8. The SMILES string of the molecule is O=c1c2ccccc2nc(-c2cc3cc(Br)ccc3o2)n1N=Cc1cc(Cl)ccc1Oc1ccc([N+](=O)[O-])cn1. The molecule has 3 aromatic carbocycles. The molecule has 0 saturated heterocycles. The zero-order valence-electron chi connectivity index (χ0n) is 20.2. The van der Waals surface area contributed by atoms with Gasteiger partial charge in [-0.1, -0.05) is 39.7 Å². The molecular weight excluding hydrogens is 602 g/mol. The second kappa shape index (κ2) is 10.4. The number of para-hydroxylation sites is 1. The average molecular weight is 617 g/mol. The van der Waals surface area contributed by atoms with E-state index in [9.17, 15) is 14.9 Å². The molecule has 0 amide bonds. The summed E-state index contributed by atoms with van der Waals surface area (Å²) in [6, 6.07) is 21.8. The fourth-order valence-electron chi connectivity index (χ4n) is 4.00. The standard InChI is InChI=1S/C28H15BrClN5O5/c29-18-5-8-23-16(11-18)13-25(39-23)27-33-22-4-2-1-3-21(22)28(36)34(27)32-14-17-12-19(30)6-9-24(17)40-26-10-7-20(15-31-26)35(37)38/h1-15H. The number of hydrogen-bond donors (Lipinski definition) is 0. The Bertz CT molecular complexity index is 2020. The number of rotatable bonds is 6. The third-order valence-corrected chi connectivity index (χ3v) is 6.61. The first kappa shape index (κ1) is 25.4. The van der Waals surface area contributed by atoms with Gasteiger partial charge in [-0.15, -0.1) is 0 Å². The smallest absolute Gasteiger partial charge is 0.287 e. The van der Waals surface area contributed by atoms with E-state index in [4.69, 9.17) is 20.8 Å². The van der Waals surface area contributed by atoms with Gasteiger partial charge in [-0.25, -0.2) is 9.97 Å². The van der Waals surface area contributed by atoms with Crippen LogP contribution < -0.4 is 10.3 Å². The molecule has 0 aliphatic heterocycles. The van der Waals surface area contributed by atoms with Crippen LogP contribution in [0.4, 0.5) is 5.69 Å². The van der Waals surface area contributed by atoms with Crippen LogP contribution in [0.1, 0.15) is 5.56 Å². The normalized spacial score (nSPS) is 11.4. The zero-order chi connectivity index (χ0) is 27.8. The molecule has 0 aliphatic rings. The van der Waals surface area contributed by atoms with Gasteiger partial charge in [0.15, 0.2) is 5.76 Å². The topological polar surface area (TPSA) is 126 Å². The van der Waals surface area contributed by atoms with Gasteiger partial charge in [-0.3, -0.25) is 14.9 Å². The Morgan fingerprint density at radius 3 is 2.73 bits per heavy atom. The largest absolute Gasteiger partial charge is 0.453 e. The lowest BCUT2D eigenvalue weighted by Crippen LogP contribution is -2.20. The number of ether oxygens (including phenoxy) is 1. The fourth-order valence-corrected chi connectivity index (χ4v) is 4.56. The van der Waals surface area contributed by atoms with Gasteiger partial charge in [0.05, 0.1) is 22.0 Å². The first-order valence-electron chi connectivity index (χ1n) is 11.7. The number of pyridine rings is 1. The summed E-state index contributed by atoms with van der Waals surface area (Å²) in [6.45, 7) is 0. The molecule has 0 N–H and O–H groups in total. The van der Waals surface area contributed by atoms with Crippen LogP contribution in [0, 0.1) is 10.1 Å². The molecule has 0 radical (unpaired) electrons. The molecule has 0 fully saturated rings. The first-order valence-corrected chi connectivity index (χ1v) is 12.9. The predicted octanol–water partition coefficient (Wildman–Crippen LogP) is 7.20. The van der Waals surface area contributed by atoms with Crippen molar-refractivity contribution < 1.29 is 14.1 Å². The third kappa shape index (κ3) is 4.95. The van der Waals surface area contributed by atoms with Crippen LogP contribution in [0.2, 0.25) is 5.02 Å². The molecule has 0 aliphatic carbocycles. The van der Waals surface area contributed by atoms with Crippen LogP contribution in [0.5, 0.6) is 11.6 Å². The summed E-state index contributed by atoms with van der Waals surface area (Å²) in [7, 11) is 0. The van der Waals surface area contributed by atoms with Crippen molar-refractivity contribution in [2.75, 3.05) is 0 Å². The van der Waals surface area contributed by atoms with Crippen LogP contribution in [-0.2, 0) is 0 Å². The minimum atomic E-state index is -0.551. The molecule has 3 aromatic heterocycles. The van der Waals surface area contributed by atoms with Crippen molar-refractivity contribution in [2.45, 2.75) is 0 Å². The molecule has 0 atom stereocenters. The van der Waals surface area contributed by atoms with Gasteiger partial charge in [-0.05, 0) is 54.6 Å². The van der Waals surface area contributed by atoms with E-state index < -0.39 is 10.5 Å². The summed E-state index contributed by atoms with van der Waals surface area (Å²) in [4.78, 5) is 32.6. The predicted molar refractivity (Wildman–Crippen MR) is 154 cm³/mol. The number of nitrogens with zero attached hydrogens (tertiary/aromatic N) is 5.